The average molecular weight is 229 g/mol. The Hall–Kier alpha value is -0.610. The van der Waals surface area contributed by atoms with Crippen LogP contribution in [0.5, 0.6) is 0 Å². The molecule has 0 radical (unpaired) electrons. The maximum Gasteiger partial charge on any atom is 0.306 e. The zero-order valence-electron chi connectivity index (χ0n) is 10.5. The van der Waals surface area contributed by atoms with Crippen molar-refractivity contribution in [2.24, 2.45) is 5.92 Å². The first kappa shape index (κ1) is 13.5. The highest BCUT2D eigenvalue weighted by Crippen LogP contribution is 2.19. The molecule has 0 aromatic heterocycles. The second-order valence-electron chi connectivity index (χ2n) is 5.17. The van der Waals surface area contributed by atoms with E-state index in [-0.39, 0.29) is 11.5 Å². The van der Waals surface area contributed by atoms with Crippen LogP contribution in [0.15, 0.2) is 0 Å². The topological polar surface area (TPSA) is 49.8 Å². The van der Waals surface area contributed by atoms with Gasteiger partial charge in [-0.3, -0.25) is 4.79 Å². The Morgan fingerprint density at radius 1 is 1.44 bits per heavy atom. The third-order valence-electron chi connectivity index (χ3n) is 3.52. The second-order valence-corrected chi connectivity index (χ2v) is 5.17. The number of carboxylic acid groups (broad SMARTS) is 1. The van der Waals surface area contributed by atoms with E-state index in [1.54, 1.807) is 7.11 Å². The fourth-order valence-corrected chi connectivity index (χ4v) is 1.93. The van der Waals surface area contributed by atoms with Crippen LogP contribution in [0, 0.1) is 5.92 Å². The van der Waals surface area contributed by atoms with Gasteiger partial charge in [0, 0.05) is 13.7 Å². The highest BCUT2D eigenvalue weighted by molar-refractivity contribution is 5.70. The van der Waals surface area contributed by atoms with Crippen molar-refractivity contribution in [1.29, 1.82) is 0 Å². The van der Waals surface area contributed by atoms with Crippen LogP contribution in [0.1, 0.15) is 33.1 Å². The lowest BCUT2D eigenvalue weighted by Gasteiger charge is -2.32. The van der Waals surface area contributed by atoms with Gasteiger partial charge >= 0.3 is 5.97 Å². The molecular weight excluding hydrogens is 206 g/mol. The Balaban J connectivity index is 2.25. The lowest BCUT2D eigenvalue weighted by atomic mass is 9.96. The van der Waals surface area contributed by atoms with Crippen molar-refractivity contribution in [2.75, 3.05) is 26.7 Å². The van der Waals surface area contributed by atoms with Crippen molar-refractivity contribution in [1.82, 2.24) is 4.90 Å². The molecule has 0 bridgehead atoms. The first-order chi connectivity index (χ1) is 7.44. The molecule has 1 saturated heterocycles. The minimum absolute atomic E-state index is 0.0797. The summed E-state index contributed by atoms with van der Waals surface area (Å²) in [6, 6.07) is 0. The summed E-state index contributed by atoms with van der Waals surface area (Å²) in [6.07, 6.45) is 2.55. The van der Waals surface area contributed by atoms with Gasteiger partial charge in [0.05, 0.1) is 11.5 Å². The van der Waals surface area contributed by atoms with E-state index in [0.29, 0.717) is 0 Å². The summed E-state index contributed by atoms with van der Waals surface area (Å²) in [7, 11) is 1.73. The van der Waals surface area contributed by atoms with Crippen molar-refractivity contribution < 1.29 is 14.6 Å². The van der Waals surface area contributed by atoms with Crippen LogP contribution in [0.25, 0.3) is 0 Å². The number of carbonyl (C=O) groups is 1. The molecule has 0 spiro atoms. The van der Waals surface area contributed by atoms with Crippen LogP contribution >= 0.6 is 0 Å². The number of hydrogen-bond donors (Lipinski definition) is 1. The molecule has 0 aromatic rings. The Bertz CT molecular complexity index is 232. The normalized spacial score (nSPS) is 19.9. The van der Waals surface area contributed by atoms with E-state index in [9.17, 15) is 4.79 Å². The number of hydrogen-bond acceptors (Lipinski definition) is 3. The van der Waals surface area contributed by atoms with E-state index in [1.165, 1.54) is 0 Å². The number of likely N-dealkylation sites (tertiary alicyclic amines) is 1. The lowest BCUT2D eigenvalue weighted by Crippen LogP contribution is -2.39. The first-order valence-corrected chi connectivity index (χ1v) is 5.95. The van der Waals surface area contributed by atoms with Crippen LogP contribution in [0.3, 0.4) is 0 Å². The van der Waals surface area contributed by atoms with Gasteiger partial charge in [0.1, 0.15) is 0 Å². The van der Waals surface area contributed by atoms with Gasteiger partial charge in [-0.05, 0) is 46.2 Å². The predicted octanol–water partition coefficient (Wildman–Crippen LogP) is 1.60. The second kappa shape index (κ2) is 5.64. The number of ether oxygens (including phenoxy) is 1. The molecule has 1 N–H and O–H groups in total. The highest BCUT2D eigenvalue weighted by Gasteiger charge is 2.25. The molecule has 4 heteroatoms. The van der Waals surface area contributed by atoms with Crippen molar-refractivity contribution >= 4 is 5.97 Å². The predicted molar refractivity (Wildman–Crippen MR) is 62.5 cm³/mol. The van der Waals surface area contributed by atoms with E-state index in [2.05, 4.69) is 18.7 Å². The van der Waals surface area contributed by atoms with Gasteiger partial charge < -0.3 is 14.7 Å². The van der Waals surface area contributed by atoms with E-state index in [4.69, 9.17) is 9.84 Å². The van der Waals surface area contributed by atoms with E-state index in [0.717, 1.165) is 38.9 Å². The number of nitrogens with zero attached hydrogens (tertiary/aromatic N) is 1. The summed E-state index contributed by atoms with van der Waals surface area (Å²) in [4.78, 5) is 13.1. The quantitative estimate of drug-likeness (QED) is 0.778. The number of methoxy groups -OCH3 is 1. The summed E-state index contributed by atoms with van der Waals surface area (Å²) in [5.41, 5.74) is -0.0797. The van der Waals surface area contributed by atoms with Crippen molar-refractivity contribution in [3.8, 4) is 0 Å². The molecule has 0 saturated carbocycles. The lowest BCUT2D eigenvalue weighted by molar-refractivity contribution is -0.143. The molecule has 1 aliphatic heterocycles. The smallest absolute Gasteiger partial charge is 0.306 e. The molecule has 1 aliphatic rings. The summed E-state index contributed by atoms with van der Waals surface area (Å²) >= 11 is 0. The molecule has 94 valence electrons. The largest absolute Gasteiger partial charge is 0.481 e. The third kappa shape index (κ3) is 4.10. The van der Waals surface area contributed by atoms with Crippen molar-refractivity contribution in [2.45, 2.75) is 38.7 Å². The number of carboxylic acids is 1. The SMILES string of the molecule is COC(C)(C)CCN1CCC(C(=O)O)CC1. The summed E-state index contributed by atoms with van der Waals surface area (Å²) in [6.45, 7) is 6.95. The molecule has 1 rings (SSSR count). The highest BCUT2D eigenvalue weighted by atomic mass is 16.5. The van der Waals surface area contributed by atoms with Gasteiger partial charge in [-0.15, -0.1) is 0 Å². The van der Waals surface area contributed by atoms with Crippen LogP contribution in [0.2, 0.25) is 0 Å². The minimum Gasteiger partial charge on any atom is -0.481 e. The van der Waals surface area contributed by atoms with E-state index in [1.807, 2.05) is 0 Å². The van der Waals surface area contributed by atoms with Gasteiger partial charge in [-0.1, -0.05) is 0 Å². The Morgan fingerprint density at radius 3 is 2.44 bits per heavy atom. The zero-order chi connectivity index (χ0) is 12.2. The molecular formula is C12H23NO3. The van der Waals surface area contributed by atoms with Crippen LogP contribution in [0.4, 0.5) is 0 Å². The molecule has 0 unspecified atom stereocenters. The maximum absolute atomic E-state index is 10.8. The fraction of sp³-hybridized carbons (Fsp3) is 0.917. The van der Waals surface area contributed by atoms with E-state index < -0.39 is 5.97 Å². The molecule has 0 atom stereocenters. The number of piperidine rings is 1. The first-order valence-electron chi connectivity index (χ1n) is 5.95. The number of rotatable bonds is 5. The molecule has 0 amide bonds. The maximum atomic E-state index is 10.8. The molecule has 0 aromatic carbocycles. The molecule has 0 aliphatic carbocycles. The molecule has 1 heterocycles. The molecule has 16 heavy (non-hydrogen) atoms. The fourth-order valence-electron chi connectivity index (χ4n) is 1.93. The van der Waals surface area contributed by atoms with Gasteiger partial charge in [0.2, 0.25) is 0 Å². The average Bonchev–Trinajstić information content (AvgIpc) is 2.27. The van der Waals surface area contributed by atoms with Crippen LogP contribution in [-0.4, -0.2) is 48.3 Å². The zero-order valence-corrected chi connectivity index (χ0v) is 10.5. The Morgan fingerprint density at radius 2 is 2.00 bits per heavy atom. The Kier molecular flexibility index (Phi) is 4.74. The van der Waals surface area contributed by atoms with Gasteiger partial charge in [-0.2, -0.15) is 0 Å². The van der Waals surface area contributed by atoms with Crippen molar-refractivity contribution in [3.63, 3.8) is 0 Å². The third-order valence-corrected chi connectivity index (χ3v) is 3.52. The monoisotopic (exact) mass is 229 g/mol. The summed E-state index contributed by atoms with van der Waals surface area (Å²) < 4.78 is 5.37. The molecule has 4 nitrogen and oxygen atoms in total. The Labute approximate surface area is 97.6 Å². The molecule has 1 fully saturated rings. The van der Waals surface area contributed by atoms with Gasteiger partial charge in [0.25, 0.3) is 0 Å². The van der Waals surface area contributed by atoms with Crippen LogP contribution < -0.4 is 0 Å². The summed E-state index contributed by atoms with van der Waals surface area (Å²) in [5, 5.41) is 8.88. The van der Waals surface area contributed by atoms with E-state index >= 15 is 0 Å². The minimum atomic E-state index is -0.642. The van der Waals surface area contributed by atoms with Crippen molar-refractivity contribution in [3.05, 3.63) is 0 Å². The van der Waals surface area contributed by atoms with Crippen LogP contribution in [-0.2, 0) is 9.53 Å². The van der Waals surface area contributed by atoms with Gasteiger partial charge in [-0.25, -0.2) is 0 Å². The standard InChI is InChI=1S/C12H23NO3/c1-12(2,16-3)6-9-13-7-4-10(5-8-13)11(14)15/h10H,4-9H2,1-3H3,(H,14,15). The summed E-state index contributed by atoms with van der Waals surface area (Å²) in [5.74, 6) is -0.774. The van der Waals surface area contributed by atoms with Gasteiger partial charge in [0.15, 0.2) is 0 Å². The number of aliphatic carboxylic acids is 1.